The fourth-order valence-electron chi connectivity index (χ4n) is 3.79. The maximum absolute atomic E-state index is 13.4. The number of nitrogens with zero attached hydrogens (tertiary/aromatic N) is 1. The van der Waals surface area contributed by atoms with E-state index in [2.05, 4.69) is 12.1 Å². The SMILES string of the molecule is CCOC(=O)[C@@H](C)[NH+](CC(=O)N(CCc1ccccc1)Cc1ccc(C)o1)CC1CC1. The molecule has 168 valence electrons. The lowest BCUT2D eigenvalue weighted by atomic mass is 10.1. The van der Waals surface area contributed by atoms with Crippen LogP contribution in [0, 0.1) is 12.8 Å². The highest BCUT2D eigenvalue weighted by molar-refractivity contribution is 5.78. The van der Waals surface area contributed by atoms with Gasteiger partial charge in [0.05, 0.1) is 19.7 Å². The molecule has 0 bridgehead atoms. The number of ether oxygens (including phenoxy) is 1. The lowest BCUT2D eigenvalue weighted by Gasteiger charge is -2.28. The summed E-state index contributed by atoms with van der Waals surface area (Å²) in [6.07, 6.45) is 3.13. The third-order valence-electron chi connectivity index (χ3n) is 5.89. The molecule has 1 saturated carbocycles. The zero-order chi connectivity index (χ0) is 22.2. The summed E-state index contributed by atoms with van der Waals surface area (Å²) in [6, 6.07) is 13.7. The molecule has 1 unspecified atom stereocenters. The Labute approximate surface area is 185 Å². The highest BCUT2D eigenvalue weighted by Crippen LogP contribution is 2.26. The van der Waals surface area contributed by atoms with Gasteiger partial charge in [-0.3, -0.25) is 4.79 Å². The molecule has 2 atom stereocenters. The quantitative estimate of drug-likeness (QED) is 0.529. The second-order valence-electron chi connectivity index (χ2n) is 8.52. The minimum Gasteiger partial charge on any atom is -0.464 e. The molecule has 31 heavy (non-hydrogen) atoms. The van der Waals surface area contributed by atoms with Crippen LogP contribution in [0.25, 0.3) is 0 Å². The van der Waals surface area contributed by atoms with Crippen molar-refractivity contribution >= 4 is 11.9 Å². The van der Waals surface area contributed by atoms with Crippen molar-refractivity contribution in [1.29, 1.82) is 0 Å². The number of esters is 1. The van der Waals surface area contributed by atoms with Gasteiger partial charge in [0, 0.05) is 12.5 Å². The van der Waals surface area contributed by atoms with E-state index in [0.717, 1.165) is 29.4 Å². The maximum atomic E-state index is 13.4. The normalized spacial score (nSPS) is 15.3. The number of hydrogen-bond donors (Lipinski definition) is 1. The first-order valence-corrected chi connectivity index (χ1v) is 11.3. The molecular formula is C25H35N2O4+. The number of carbonyl (C=O) groups excluding carboxylic acids is 2. The van der Waals surface area contributed by atoms with Crippen molar-refractivity contribution in [3.8, 4) is 0 Å². The highest BCUT2D eigenvalue weighted by atomic mass is 16.5. The van der Waals surface area contributed by atoms with Crippen molar-refractivity contribution in [2.75, 3.05) is 26.2 Å². The van der Waals surface area contributed by atoms with Gasteiger partial charge < -0.3 is 19.0 Å². The second-order valence-corrected chi connectivity index (χ2v) is 8.52. The van der Waals surface area contributed by atoms with E-state index in [-0.39, 0.29) is 24.5 Å². The fraction of sp³-hybridized carbons (Fsp3) is 0.520. The van der Waals surface area contributed by atoms with Gasteiger partial charge in [-0.1, -0.05) is 30.3 Å². The van der Waals surface area contributed by atoms with E-state index >= 15 is 0 Å². The van der Waals surface area contributed by atoms with Crippen molar-refractivity contribution in [2.24, 2.45) is 5.92 Å². The summed E-state index contributed by atoms with van der Waals surface area (Å²) in [6.45, 7) is 8.09. The molecule has 1 aromatic heterocycles. The number of benzene rings is 1. The van der Waals surface area contributed by atoms with Crippen LogP contribution in [0.3, 0.4) is 0 Å². The summed E-state index contributed by atoms with van der Waals surface area (Å²) >= 11 is 0. The molecule has 1 fully saturated rings. The third kappa shape index (κ3) is 7.24. The van der Waals surface area contributed by atoms with Gasteiger partial charge in [0.2, 0.25) is 0 Å². The fourth-order valence-corrected chi connectivity index (χ4v) is 3.79. The van der Waals surface area contributed by atoms with E-state index < -0.39 is 0 Å². The van der Waals surface area contributed by atoms with Crippen LogP contribution in [-0.4, -0.2) is 49.1 Å². The van der Waals surface area contributed by atoms with Gasteiger partial charge in [-0.15, -0.1) is 0 Å². The molecule has 0 radical (unpaired) electrons. The zero-order valence-electron chi connectivity index (χ0n) is 18.9. The number of carbonyl (C=O) groups is 2. The topological polar surface area (TPSA) is 64.2 Å². The Hall–Kier alpha value is -2.60. The Morgan fingerprint density at radius 2 is 1.94 bits per heavy atom. The Morgan fingerprint density at radius 3 is 2.55 bits per heavy atom. The number of rotatable bonds is 12. The molecule has 1 aromatic carbocycles. The summed E-state index contributed by atoms with van der Waals surface area (Å²) in [5, 5.41) is 0. The Bertz CT molecular complexity index is 844. The van der Waals surface area contributed by atoms with Crippen LogP contribution < -0.4 is 4.90 Å². The van der Waals surface area contributed by atoms with E-state index in [1.165, 1.54) is 18.4 Å². The molecule has 3 rings (SSSR count). The first-order chi connectivity index (χ1) is 15.0. The minimum atomic E-state index is -0.355. The molecule has 2 aromatic rings. The predicted octanol–water partition coefficient (Wildman–Crippen LogP) is 2.41. The van der Waals surface area contributed by atoms with Crippen LogP contribution in [0.5, 0.6) is 0 Å². The summed E-state index contributed by atoms with van der Waals surface area (Å²) in [4.78, 5) is 28.6. The Morgan fingerprint density at radius 1 is 1.19 bits per heavy atom. The average Bonchev–Trinajstić information content (AvgIpc) is 3.49. The van der Waals surface area contributed by atoms with Crippen LogP contribution in [0.15, 0.2) is 46.9 Å². The van der Waals surface area contributed by atoms with Crippen LogP contribution in [-0.2, 0) is 27.3 Å². The van der Waals surface area contributed by atoms with Gasteiger partial charge in [-0.2, -0.15) is 0 Å². The molecule has 0 spiro atoms. The molecule has 1 aliphatic rings. The average molecular weight is 428 g/mol. The van der Waals surface area contributed by atoms with Crippen molar-refractivity contribution in [1.82, 2.24) is 4.90 Å². The van der Waals surface area contributed by atoms with Gasteiger partial charge in [0.1, 0.15) is 11.5 Å². The van der Waals surface area contributed by atoms with Crippen molar-refractivity contribution in [3.05, 3.63) is 59.5 Å². The van der Waals surface area contributed by atoms with Crippen molar-refractivity contribution in [2.45, 2.75) is 52.6 Å². The molecule has 1 aliphatic carbocycles. The van der Waals surface area contributed by atoms with E-state index in [9.17, 15) is 9.59 Å². The molecule has 0 saturated heterocycles. The number of amides is 1. The lowest BCUT2D eigenvalue weighted by molar-refractivity contribution is -0.909. The smallest absolute Gasteiger partial charge is 0.364 e. The minimum absolute atomic E-state index is 0.0387. The molecule has 6 nitrogen and oxygen atoms in total. The largest absolute Gasteiger partial charge is 0.464 e. The molecule has 1 N–H and O–H groups in total. The first-order valence-electron chi connectivity index (χ1n) is 11.3. The van der Waals surface area contributed by atoms with Crippen molar-refractivity contribution in [3.63, 3.8) is 0 Å². The summed E-state index contributed by atoms with van der Waals surface area (Å²) in [7, 11) is 0. The van der Waals surface area contributed by atoms with Gasteiger partial charge in [0.25, 0.3) is 5.91 Å². The van der Waals surface area contributed by atoms with Crippen LogP contribution in [0.1, 0.15) is 43.8 Å². The highest BCUT2D eigenvalue weighted by Gasteiger charge is 2.35. The summed E-state index contributed by atoms with van der Waals surface area (Å²) in [5.41, 5.74) is 1.19. The zero-order valence-corrected chi connectivity index (χ0v) is 18.9. The Kier molecular flexibility index (Phi) is 8.29. The number of hydrogen-bond acceptors (Lipinski definition) is 4. The van der Waals surface area contributed by atoms with E-state index in [1.807, 2.05) is 56.0 Å². The second kappa shape index (κ2) is 11.1. The number of aryl methyl sites for hydroxylation is 1. The summed E-state index contributed by atoms with van der Waals surface area (Å²) < 4.78 is 11.0. The van der Waals surface area contributed by atoms with Crippen LogP contribution in [0.2, 0.25) is 0 Å². The maximum Gasteiger partial charge on any atom is 0.364 e. The standard InChI is InChI=1S/C25H34N2O4/c1-4-30-25(29)20(3)27(16-22-11-12-22)18-24(28)26(17-23-13-10-19(2)31-23)15-14-21-8-6-5-7-9-21/h5-10,13,20,22H,4,11-12,14-18H2,1-3H3/p+1/t20-/m1/s1. The number of nitrogens with one attached hydrogen (secondary N) is 1. The van der Waals surface area contributed by atoms with Gasteiger partial charge in [-0.05, 0) is 57.7 Å². The van der Waals surface area contributed by atoms with Crippen LogP contribution in [0.4, 0.5) is 0 Å². The molecule has 6 heteroatoms. The van der Waals surface area contributed by atoms with Crippen LogP contribution >= 0.6 is 0 Å². The van der Waals surface area contributed by atoms with E-state index in [0.29, 0.717) is 25.6 Å². The predicted molar refractivity (Wildman–Crippen MR) is 119 cm³/mol. The molecule has 1 heterocycles. The first kappa shape index (κ1) is 23.1. The Balaban J connectivity index is 1.69. The van der Waals surface area contributed by atoms with Gasteiger partial charge in [-0.25, -0.2) is 4.79 Å². The van der Waals surface area contributed by atoms with Gasteiger partial charge >= 0.3 is 5.97 Å². The molecular weight excluding hydrogens is 392 g/mol. The van der Waals surface area contributed by atoms with E-state index in [1.54, 1.807) is 0 Å². The number of furan rings is 1. The molecule has 1 amide bonds. The monoisotopic (exact) mass is 427 g/mol. The van der Waals surface area contributed by atoms with Crippen molar-refractivity contribution < 1.29 is 23.6 Å². The molecule has 0 aliphatic heterocycles. The summed E-state index contributed by atoms with van der Waals surface area (Å²) in [5.74, 6) is 2.02. The van der Waals surface area contributed by atoms with Gasteiger partial charge in [0.15, 0.2) is 12.6 Å². The lowest BCUT2D eigenvalue weighted by Crippen LogP contribution is -3.17. The van der Waals surface area contributed by atoms with E-state index in [4.69, 9.17) is 9.15 Å². The number of quaternary nitrogens is 1. The third-order valence-corrected chi connectivity index (χ3v) is 5.89.